The summed E-state index contributed by atoms with van der Waals surface area (Å²) >= 11 is 0. The molecule has 1 unspecified atom stereocenters. The molecule has 0 heterocycles. The molecule has 1 atom stereocenters. The molecule has 0 bridgehead atoms. The molecule has 0 aromatic carbocycles. The molecule has 67 heavy (non-hydrogen) atoms. The molecule has 0 fully saturated rings. The second-order valence-electron chi connectivity index (χ2n) is 19.5. The first-order chi connectivity index (χ1) is 33.0. The Morgan fingerprint density at radius 3 is 0.910 bits per heavy atom. The van der Waals surface area contributed by atoms with Crippen molar-refractivity contribution in [3.05, 3.63) is 48.6 Å². The van der Waals surface area contributed by atoms with Crippen LogP contribution >= 0.6 is 0 Å². The van der Waals surface area contributed by atoms with Gasteiger partial charge in [0.25, 0.3) is 0 Å². The van der Waals surface area contributed by atoms with Gasteiger partial charge < -0.3 is 14.2 Å². The Labute approximate surface area is 416 Å². The highest BCUT2D eigenvalue weighted by Crippen LogP contribution is 2.17. The molecule has 0 aromatic rings. The molecule has 0 spiro atoms. The van der Waals surface area contributed by atoms with Crippen LogP contribution in [0.25, 0.3) is 0 Å². The van der Waals surface area contributed by atoms with E-state index in [4.69, 9.17) is 14.2 Å². The zero-order valence-electron chi connectivity index (χ0n) is 44.7. The average molecular weight is 940 g/mol. The van der Waals surface area contributed by atoms with Gasteiger partial charge in [0.2, 0.25) is 0 Å². The highest BCUT2D eigenvalue weighted by Gasteiger charge is 2.19. The zero-order chi connectivity index (χ0) is 48.6. The molecular weight excluding hydrogens is 829 g/mol. The van der Waals surface area contributed by atoms with E-state index in [1.807, 2.05) is 0 Å². The molecular formula is C61H110O6. The third-order valence-corrected chi connectivity index (χ3v) is 12.8. The Morgan fingerprint density at radius 1 is 0.313 bits per heavy atom. The number of rotatable bonds is 53. The summed E-state index contributed by atoms with van der Waals surface area (Å²) in [5.74, 6) is -0.869. The molecule has 0 N–H and O–H groups in total. The van der Waals surface area contributed by atoms with Gasteiger partial charge in [-0.15, -0.1) is 0 Å². The van der Waals surface area contributed by atoms with Crippen molar-refractivity contribution in [3.63, 3.8) is 0 Å². The van der Waals surface area contributed by atoms with Crippen molar-refractivity contribution < 1.29 is 28.6 Å². The molecule has 0 rings (SSSR count). The van der Waals surface area contributed by atoms with Crippen LogP contribution in [-0.2, 0) is 28.6 Å². The highest BCUT2D eigenvalue weighted by atomic mass is 16.6. The summed E-state index contributed by atoms with van der Waals surface area (Å²) in [6.45, 7) is 6.46. The number of ether oxygens (including phenoxy) is 3. The first-order valence-corrected chi connectivity index (χ1v) is 29.1. The first-order valence-electron chi connectivity index (χ1n) is 29.1. The van der Waals surface area contributed by atoms with E-state index >= 15 is 0 Å². The van der Waals surface area contributed by atoms with Crippen LogP contribution in [0.1, 0.15) is 303 Å². The highest BCUT2D eigenvalue weighted by molar-refractivity contribution is 5.71. The van der Waals surface area contributed by atoms with E-state index in [0.717, 1.165) is 89.9 Å². The van der Waals surface area contributed by atoms with Gasteiger partial charge >= 0.3 is 17.9 Å². The summed E-state index contributed by atoms with van der Waals surface area (Å²) < 4.78 is 16.7. The molecule has 0 aliphatic carbocycles. The van der Waals surface area contributed by atoms with Crippen LogP contribution < -0.4 is 0 Å². The number of unbranched alkanes of at least 4 members (excludes halogenated alkanes) is 34. The normalized spacial score (nSPS) is 12.3. The summed E-state index contributed by atoms with van der Waals surface area (Å²) in [5.41, 5.74) is 0. The molecule has 0 radical (unpaired) electrons. The lowest BCUT2D eigenvalue weighted by atomic mass is 10.0. The molecule has 0 saturated carbocycles. The fourth-order valence-corrected chi connectivity index (χ4v) is 8.49. The van der Waals surface area contributed by atoms with E-state index in [-0.39, 0.29) is 31.1 Å². The topological polar surface area (TPSA) is 78.9 Å². The van der Waals surface area contributed by atoms with Crippen LogP contribution in [0.3, 0.4) is 0 Å². The average Bonchev–Trinajstić information content (AvgIpc) is 3.33. The summed E-state index contributed by atoms with van der Waals surface area (Å²) in [5, 5.41) is 0. The van der Waals surface area contributed by atoms with Crippen molar-refractivity contribution in [2.24, 2.45) is 0 Å². The fourth-order valence-electron chi connectivity index (χ4n) is 8.49. The van der Waals surface area contributed by atoms with Crippen LogP contribution in [0, 0.1) is 0 Å². The summed E-state index contributed by atoms with van der Waals surface area (Å²) in [6, 6.07) is 0. The van der Waals surface area contributed by atoms with Gasteiger partial charge in [0.05, 0.1) is 0 Å². The lowest BCUT2D eigenvalue weighted by Crippen LogP contribution is -2.30. The maximum atomic E-state index is 12.7. The van der Waals surface area contributed by atoms with Crippen LogP contribution in [-0.4, -0.2) is 37.2 Å². The number of hydrogen-bond donors (Lipinski definition) is 0. The molecule has 0 aliphatic rings. The minimum Gasteiger partial charge on any atom is -0.462 e. The van der Waals surface area contributed by atoms with Crippen molar-refractivity contribution in [3.8, 4) is 0 Å². The minimum atomic E-state index is -0.762. The van der Waals surface area contributed by atoms with Gasteiger partial charge in [-0.05, 0) is 57.8 Å². The van der Waals surface area contributed by atoms with Gasteiger partial charge in [-0.1, -0.05) is 275 Å². The number of esters is 3. The monoisotopic (exact) mass is 939 g/mol. The quantitative estimate of drug-likeness (QED) is 0.0262. The SMILES string of the molecule is CC/C=C\C/C=C\C/C=C\C/C=C\CCCCCCCCCCCCCCCCCCCCCCC(=O)OCC(COC(=O)CCCCCCC)OC(=O)CCCCCCCCCCCCC. The van der Waals surface area contributed by atoms with Crippen molar-refractivity contribution in [1.29, 1.82) is 0 Å². The number of carbonyl (C=O) groups excluding carboxylic acids is 3. The lowest BCUT2D eigenvalue weighted by Gasteiger charge is -2.18. The number of allylic oxidation sites excluding steroid dienone is 8. The minimum absolute atomic E-state index is 0.0676. The predicted molar refractivity (Wildman–Crippen MR) is 289 cm³/mol. The van der Waals surface area contributed by atoms with Crippen molar-refractivity contribution in [2.45, 2.75) is 309 Å². The Balaban J connectivity index is 3.85. The molecule has 0 aliphatic heterocycles. The second-order valence-corrected chi connectivity index (χ2v) is 19.5. The first kappa shape index (κ1) is 64.4. The Kier molecular flexibility index (Phi) is 53.8. The van der Waals surface area contributed by atoms with Gasteiger partial charge in [-0.25, -0.2) is 0 Å². The molecule has 390 valence electrons. The van der Waals surface area contributed by atoms with E-state index in [0.29, 0.717) is 19.3 Å². The maximum Gasteiger partial charge on any atom is 0.306 e. The van der Waals surface area contributed by atoms with E-state index in [1.165, 1.54) is 173 Å². The predicted octanol–water partition coefficient (Wildman–Crippen LogP) is 19.4. The largest absolute Gasteiger partial charge is 0.462 e. The summed E-state index contributed by atoms with van der Waals surface area (Å²) in [4.78, 5) is 37.6. The third kappa shape index (κ3) is 54.2. The van der Waals surface area contributed by atoms with E-state index in [9.17, 15) is 14.4 Å². The van der Waals surface area contributed by atoms with Gasteiger partial charge in [-0.2, -0.15) is 0 Å². The second kappa shape index (κ2) is 56.0. The Bertz CT molecular complexity index is 1170. The number of carbonyl (C=O) groups is 3. The standard InChI is InChI=1S/C61H110O6/c1-4-7-10-13-15-17-19-20-21-22-23-24-25-26-27-28-29-30-31-32-33-34-35-36-37-38-39-40-42-43-45-48-51-54-60(63)66-57-58(56-65-59(62)53-50-47-12-9-6-3)67-61(64)55-52-49-46-44-41-18-16-14-11-8-5-2/h7,10,15,17,20-21,23-24,58H,4-6,8-9,11-14,16,18-19,22,25-57H2,1-3H3/b10-7-,17-15-,21-20-,24-23-. The molecule has 0 aromatic heterocycles. The summed E-state index contributed by atoms with van der Waals surface area (Å²) in [7, 11) is 0. The molecule has 6 heteroatoms. The van der Waals surface area contributed by atoms with Crippen molar-refractivity contribution in [2.75, 3.05) is 13.2 Å². The molecule has 0 saturated heterocycles. The van der Waals surface area contributed by atoms with Gasteiger partial charge in [0, 0.05) is 19.3 Å². The lowest BCUT2D eigenvalue weighted by molar-refractivity contribution is -0.167. The van der Waals surface area contributed by atoms with Gasteiger partial charge in [0.15, 0.2) is 6.10 Å². The van der Waals surface area contributed by atoms with Crippen molar-refractivity contribution >= 4 is 17.9 Å². The molecule has 6 nitrogen and oxygen atoms in total. The third-order valence-electron chi connectivity index (χ3n) is 12.8. The number of hydrogen-bond acceptors (Lipinski definition) is 6. The van der Waals surface area contributed by atoms with E-state index in [1.54, 1.807) is 0 Å². The zero-order valence-corrected chi connectivity index (χ0v) is 44.7. The van der Waals surface area contributed by atoms with Crippen LogP contribution in [0.15, 0.2) is 48.6 Å². The van der Waals surface area contributed by atoms with Gasteiger partial charge in [-0.3, -0.25) is 14.4 Å². The smallest absolute Gasteiger partial charge is 0.306 e. The van der Waals surface area contributed by atoms with Crippen LogP contribution in [0.2, 0.25) is 0 Å². The maximum absolute atomic E-state index is 12.7. The van der Waals surface area contributed by atoms with Crippen LogP contribution in [0.5, 0.6) is 0 Å². The Hall–Kier alpha value is -2.63. The van der Waals surface area contributed by atoms with E-state index < -0.39 is 6.10 Å². The molecule has 0 amide bonds. The van der Waals surface area contributed by atoms with Crippen molar-refractivity contribution in [1.82, 2.24) is 0 Å². The van der Waals surface area contributed by atoms with E-state index in [2.05, 4.69) is 69.4 Å². The fraction of sp³-hybridized carbons (Fsp3) is 0.820. The summed E-state index contributed by atoms with van der Waals surface area (Å²) in [6.07, 6.45) is 68.9. The van der Waals surface area contributed by atoms with Crippen LogP contribution in [0.4, 0.5) is 0 Å². The Morgan fingerprint density at radius 2 is 0.582 bits per heavy atom. The van der Waals surface area contributed by atoms with Gasteiger partial charge in [0.1, 0.15) is 13.2 Å².